The molecular weight excluding hydrogens is 309 g/mol. The maximum atomic E-state index is 12.8. The van der Waals surface area contributed by atoms with Crippen molar-refractivity contribution in [3.63, 3.8) is 0 Å². The quantitative estimate of drug-likeness (QED) is 0.794. The van der Waals surface area contributed by atoms with Gasteiger partial charge in [0.1, 0.15) is 5.82 Å². The van der Waals surface area contributed by atoms with Crippen molar-refractivity contribution < 1.29 is 18.7 Å². The molecule has 0 aliphatic rings. The first kappa shape index (κ1) is 17.7. The summed E-state index contributed by atoms with van der Waals surface area (Å²) in [5.41, 5.74) is 1.64. The Kier molecular flexibility index (Phi) is 6.49. The normalized spacial score (nSPS) is 11.6. The van der Waals surface area contributed by atoms with Crippen molar-refractivity contribution in [2.45, 2.75) is 25.8 Å². The number of amides is 1. The van der Waals surface area contributed by atoms with E-state index in [1.807, 2.05) is 37.3 Å². The lowest BCUT2D eigenvalue weighted by molar-refractivity contribution is -0.150. The molecule has 0 aromatic heterocycles. The van der Waals surface area contributed by atoms with Gasteiger partial charge >= 0.3 is 5.97 Å². The van der Waals surface area contributed by atoms with Gasteiger partial charge in [-0.1, -0.05) is 49.4 Å². The fraction of sp³-hybridized carbons (Fsp3) is 0.263. The van der Waals surface area contributed by atoms with E-state index in [-0.39, 0.29) is 24.9 Å². The predicted molar refractivity (Wildman–Crippen MR) is 88.7 cm³/mol. The molecule has 2 aromatic rings. The van der Waals surface area contributed by atoms with Crippen molar-refractivity contribution in [1.82, 2.24) is 5.32 Å². The minimum Gasteiger partial charge on any atom is -0.455 e. The molecule has 0 fully saturated rings. The summed E-state index contributed by atoms with van der Waals surface area (Å²) in [6.45, 7) is 1.82. The van der Waals surface area contributed by atoms with Crippen molar-refractivity contribution in [2.24, 2.45) is 0 Å². The highest BCUT2D eigenvalue weighted by Gasteiger charge is 2.20. The van der Waals surface area contributed by atoms with Gasteiger partial charge in [0.2, 0.25) is 0 Å². The van der Waals surface area contributed by atoms with Crippen LogP contribution in [0.5, 0.6) is 0 Å². The molecule has 126 valence electrons. The number of benzene rings is 2. The van der Waals surface area contributed by atoms with E-state index in [4.69, 9.17) is 4.74 Å². The number of carbonyl (C=O) groups excluding carboxylic acids is 2. The van der Waals surface area contributed by atoms with Gasteiger partial charge in [-0.2, -0.15) is 0 Å². The molecule has 2 rings (SSSR count). The van der Waals surface area contributed by atoms with E-state index in [0.29, 0.717) is 6.42 Å². The molecule has 1 unspecified atom stereocenters. The Balaban J connectivity index is 1.80. The van der Waals surface area contributed by atoms with E-state index in [2.05, 4.69) is 5.32 Å². The van der Waals surface area contributed by atoms with Crippen LogP contribution in [0.1, 0.15) is 30.4 Å². The summed E-state index contributed by atoms with van der Waals surface area (Å²) < 4.78 is 17.9. The summed E-state index contributed by atoms with van der Waals surface area (Å²) in [5, 5.41) is 2.63. The van der Waals surface area contributed by atoms with Crippen LogP contribution in [0.2, 0.25) is 0 Å². The Hall–Kier alpha value is -2.69. The Labute approximate surface area is 140 Å². The first-order chi connectivity index (χ1) is 11.6. The third kappa shape index (κ3) is 5.19. The molecule has 1 N–H and O–H groups in total. The van der Waals surface area contributed by atoms with Crippen LogP contribution in [-0.4, -0.2) is 18.5 Å². The summed E-state index contributed by atoms with van der Waals surface area (Å²) in [4.78, 5) is 23.9. The lowest BCUT2D eigenvalue weighted by Crippen LogP contribution is -2.29. The maximum Gasteiger partial charge on any atom is 0.313 e. The molecule has 0 bridgehead atoms. The average molecular weight is 329 g/mol. The van der Waals surface area contributed by atoms with Gasteiger partial charge in [0.25, 0.3) is 5.91 Å². The zero-order valence-corrected chi connectivity index (χ0v) is 13.5. The first-order valence-corrected chi connectivity index (χ1v) is 7.83. The maximum absolute atomic E-state index is 12.8. The molecule has 0 heterocycles. The molecular formula is C19H20FNO3. The number of rotatable bonds is 7. The number of hydrogen-bond donors (Lipinski definition) is 1. The van der Waals surface area contributed by atoms with Gasteiger partial charge in [0, 0.05) is 6.54 Å². The molecule has 1 amide bonds. The van der Waals surface area contributed by atoms with Crippen LogP contribution in [0.4, 0.5) is 4.39 Å². The van der Waals surface area contributed by atoms with Gasteiger partial charge in [-0.05, 0) is 29.7 Å². The lowest BCUT2D eigenvalue weighted by atomic mass is 9.97. The minimum atomic E-state index is -0.416. The molecule has 24 heavy (non-hydrogen) atoms. The van der Waals surface area contributed by atoms with Crippen molar-refractivity contribution >= 4 is 11.9 Å². The van der Waals surface area contributed by atoms with E-state index in [0.717, 1.165) is 11.1 Å². The second-order valence-corrected chi connectivity index (χ2v) is 5.38. The van der Waals surface area contributed by atoms with Crippen molar-refractivity contribution in [3.8, 4) is 0 Å². The van der Waals surface area contributed by atoms with Crippen LogP contribution in [0.3, 0.4) is 0 Å². The number of ether oxygens (including phenoxy) is 1. The van der Waals surface area contributed by atoms with Crippen LogP contribution < -0.4 is 5.32 Å². The zero-order valence-electron chi connectivity index (χ0n) is 13.5. The predicted octanol–water partition coefficient (Wildman–Crippen LogP) is 3.18. The Bertz CT molecular complexity index is 671. The minimum absolute atomic E-state index is 0.257. The fourth-order valence-corrected chi connectivity index (χ4v) is 2.32. The number of esters is 1. The molecule has 1 atom stereocenters. The Morgan fingerprint density at radius 1 is 1.08 bits per heavy atom. The summed E-state index contributed by atoms with van der Waals surface area (Å²) >= 11 is 0. The Morgan fingerprint density at radius 3 is 2.38 bits per heavy atom. The van der Waals surface area contributed by atoms with Crippen LogP contribution in [0.25, 0.3) is 0 Å². The molecule has 0 spiro atoms. The molecule has 0 saturated heterocycles. The van der Waals surface area contributed by atoms with E-state index in [9.17, 15) is 14.0 Å². The molecule has 4 nitrogen and oxygen atoms in total. The van der Waals surface area contributed by atoms with Gasteiger partial charge in [-0.25, -0.2) is 4.39 Å². The molecule has 0 saturated carbocycles. The molecule has 5 heteroatoms. The zero-order chi connectivity index (χ0) is 17.4. The summed E-state index contributed by atoms with van der Waals surface area (Å²) in [6, 6.07) is 15.2. The highest BCUT2D eigenvalue weighted by molar-refractivity contribution is 5.83. The van der Waals surface area contributed by atoms with Gasteiger partial charge < -0.3 is 10.1 Å². The standard InChI is InChI=1S/C19H20FNO3/c1-2-17(15-6-4-3-5-7-15)19(23)24-13-18(22)21-12-14-8-10-16(20)11-9-14/h3-11,17H,2,12-13H2,1H3,(H,21,22). The summed E-state index contributed by atoms with van der Waals surface area (Å²) in [5.74, 6) is -1.52. The van der Waals surface area contributed by atoms with Gasteiger partial charge in [-0.3, -0.25) is 9.59 Å². The SMILES string of the molecule is CCC(C(=O)OCC(=O)NCc1ccc(F)cc1)c1ccccc1. The van der Waals surface area contributed by atoms with Crippen LogP contribution in [0.15, 0.2) is 54.6 Å². The lowest BCUT2D eigenvalue weighted by Gasteiger charge is -2.14. The van der Waals surface area contributed by atoms with E-state index >= 15 is 0 Å². The number of carbonyl (C=O) groups is 2. The fourth-order valence-electron chi connectivity index (χ4n) is 2.32. The molecule has 2 aromatic carbocycles. The van der Waals surface area contributed by atoms with Crippen LogP contribution in [-0.2, 0) is 20.9 Å². The van der Waals surface area contributed by atoms with Gasteiger partial charge in [0.05, 0.1) is 5.92 Å². The average Bonchev–Trinajstić information content (AvgIpc) is 2.61. The Morgan fingerprint density at radius 2 is 1.75 bits per heavy atom. The third-order valence-electron chi connectivity index (χ3n) is 3.64. The monoisotopic (exact) mass is 329 g/mol. The van der Waals surface area contributed by atoms with Gasteiger partial charge in [-0.15, -0.1) is 0 Å². The van der Waals surface area contributed by atoms with Crippen LogP contribution >= 0.6 is 0 Å². The largest absolute Gasteiger partial charge is 0.455 e. The van der Waals surface area contributed by atoms with E-state index < -0.39 is 11.9 Å². The van der Waals surface area contributed by atoms with Crippen molar-refractivity contribution in [1.29, 1.82) is 0 Å². The number of nitrogens with one attached hydrogen (secondary N) is 1. The first-order valence-electron chi connectivity index (χ1n) is 7.83. The molecule has 0 aliphatic heterocycles. The summed E-state index contributed by atoms with van der Waals surface area (Å²) in [7, 11) is 0. The molecule has 0 aliphatic carbocycles. The van der Waals surface area contributed by atoms with Crippen molar-refractivity contribution in [2.75, 3.05) is 6.61 Å². The van der Waals surface area contributed by atoms with Crippen LogP contribution in [0, 0.1) is 5.82 Å². The van der Waals surface area contributed by atoms with Gasteiger partial charge in [0.15, 0.2) is 6.61 Å². The number of halogens is 1. The second kappa shape index (κ2) is 8.82. The summed E-state index contributed by atoms with van der Waals surface area (Å²) in [6.07, 6.45) is 0.597. The van der Waals surface area contributed by atoms with Crippen molar-refractivity contribution in [3.05, 3.63) is 71.5 Å². The third-order valence-corrected chi connectivity index (χ3v) is 3.64. The smallest absolute Gasteiger partial charge is 0.313 e. The topological polar surface area (TPSA) is 55.4 Å². The van der Waals surface area contributed by atoms with E-state index in [1.165, 1.54) is 12.1 Å². The highest BCUT2D eigenvalue weighted by atomic mass is 19.1. The highest BCUT2D eigenvalue weighted by Crippen LogP contribution is 2.20. The molecule has 0 radical (unpaired) electrons. The second-order valence-electron chi connectivity index (χ2n) is 5.38. The van der Waals surface area contributed by atoms with E-state index in [1.54, 1.807) is 12.1 Å². The number of hydrogen-bond acceptors (Lipinski definition) is 3.